The van der Waals surface area contributed by atoms with Gasteiger partial charge >= 0.3 is 5.97 Å². The van der Waals surface area contributed by atoms with Crippen LogP contribution >= 0.6 is 0 Å². The van der Waals surface area contributed by atoms with Crippen LogP contribution < -0.4 is 5.32 Å². The lowest BCUT2D eigenvalue weighted by atomic mass is 10.1. The number of hydrogen-bond acceptors (Lipinski definition) is 4. The topological polar surface area (TPSA) is 58.6 Å². The van der Waals surface area contributed by atoms with Crippen LogP contribution in [0.3, 0.4) is 0 Å². The summed E-state index contributed by atoms with van der Waals surface area (Å²) in [5.74, 6) is -0.260. The molecule has 0 aromatic heterocycles. The first-order chi connectivity index (χ1) is 7.27. The van der Waals surface area contributed by atoms with Gasteiger partial charge < -0.3 is 15.2 Å². The highest BCUT2D eigenvalue weighted by Crippen LogP contribution is 2.15. The van der Waals surface area contributed by atoms with Crippen LogP contribution in [0.4, 0.5) is 5.69 Å². The lowest BCUT2D eigenvalue weighted by Crippen LogP contribution is -2.10. The molecule has 2 N–H and O–H groups in total. The molecule has 0 saturated carbocycles. The number of aliphatic hydroxyl groups excluding tert-OH is 1. The average molecular weight is 209 g/mol. The van der Waals surface area contributed by atoms with E-state index >= 15 is 0 Å². The number of benzene rings is 1. The zero-order valence-electron chi connectivity index (χ0n) is 8.69. The number of carbonyl (C=O) groups is 1. The number of carbonyl (C=O) groups excluding carboxylic acids is 1. The number of hydrogen-bond donors (Lipinski definition) is 2. The van der Waals surface area contributed by atoms with Crippen molar-refractivity contribution < 1.29 is 14.6 Å². The van der Waals surface area contributed by atoms with Crippen LogP contribution in [0.25, 0.3) is 0 Å². The van der Waals surface area contributed by atoms with E-state index < -0.39 is 0 Å². The number of nitrogens with one attached hydrogen (secondary N) is 1. The van der Waals surface area contributed by atoms with Crippen LogP contribution in [0.1, 0.15) is 12.5 Å². The SMILES string of the molecule is CCOC(=O)Cc1ccccc1NCO. The molecule has 0 aliphatic rings. The highest BCUT2D eigenvalue weighted by atomic mass is 16.5. The van der Waals surface area contributed by atoms with Crippen molar-refractivity contribution in [1.29, 1.82) is 0 Å². The summed E-state index contributed by atoms with van der Waals surface area (Å²) in [5, 5.41) is 11.5. The molecule has 15 heavy (non-hydrogen) atoms. The van der Waals surface area contributed by atoms with Crippen LogP contribution in [0.15, 0.2) is 24.3 Å². The van der Waals surface area contributed by atoms with Gasteiger partial charge in [0.2, 0.25) is 0 Å². The largest absolute Gasteiger partial charge is 0.466 e. The van der Waals surface area contributed by atoms with E-state index in [0.29, 0.717) is 6.61 Å². The van der Waals surface area contributed by atoms with Crippen molar-refractivity contribution in [2.45, 2.75) is 13.3 Å². The van der Waals surface area contributed by atoms with Gasteiger partial charge in [-0.25, -0.2) is 0 Å². The van der Waals surface area contributed by atoms with Crippen LogP contribution in [0, 0.1) is 0 Å². The minimum atomic E-state index is -0.260. The normalized spacial score (nSPS) is 9.73. The molecule has 0 radical (unpaired) electrons. The molecule has 4 nitrogen and oxygen atoms in total. The Balaban J connectivity index is 2.70. The Labute approximate surface area is 88.9 Å². The average Bonchev–Trinajstić information content (AvgIpc) is 2.21. The highest BCUT2D eigenvalue weighted by molar-refractivity contribution is 5.75. The molecule has 1 aromatic carbocycles. The fraction of sp³-hybridized carbons (Fsp3) is 0.364. The van der Waals surface area contributed by atoms with Gasteiger partial charge in [-0.15, -0.1) is 0 Å². The van der Waals surface area contributed by atoms with Crippen molar-refractivity contribution in [2.75, 3.05) is 18.7 Å². The summed E-state index contributed by atoms with van der Waals surface area (Å²) in [4.78, 5) is 11.3. The van der Waals surface area contributed by atoms with Gasteiger partial charge in [-0.1, -0.05) is 18.2 Å². The zero-order chi connectivity index (χ0) is 11.1. The molecular formula is C11H15NO3. The van der Waals surface area contributed by atoms with E-state index in [0.717, 1.165) is 11.3 Å². The van der Waals surface area contributed by atoms with Crippen molar-refractivity contribution in [2.24, 2.45) is 0 Å². The van der Waals surface area contributed by atoms with E-state index in [-0.39, 0.29) is 19.1 Å². The smallest absolute Gasteiger partial charge is 0.310 e. The summed E-state index contributed by atoms with van der Waals surface area (Å²) in [7, 11) is 0. The van der Waals surface area contributed by atoms with Crippen LogP contribution in [-0.4, -0.2) is 24.4 Å². The summed E-state index contributed by atoms with van der Waals surface area (Å²) in [6.07, 6.45) is 0.219. The van der Waals surface area contributed by atoms with Gasteiger partial charge in [0.15, 0.2) is 0 Å². The van der Waals surface area contributed by atoms with Gasteiger partial charge in [0.25, 0.3) is 0 Å². The molecular weight excluding hydrogens is 194 g/mol. The second kappa shape index (κ2) is 6.03. The Morgan fingerprint density at radius 3 is 2.87 bits per heavy atom. The minimum Gasteiger partial charge on any atom is -0.466 e. The molecule has 0 fully saturated rings. The monoisotopic (exact) mass is 209 g/mol. The number of rotatable bonds is 5. The summed E-state index contributed by atoms with van der Waals surface area (Å²) in [6, 6.07) is 7.32. The van der Waals surface area contributed by atoms with Crippen LogP contribution in [0.2, 0.25) is 0 Å². The van der Waals surface area contributed by atoms with Crippen molar-refractivity contribution in [1.82, 2.24) is 0 Å². The Bertz CT molecular complexity index is 325. The molecule has 0 saturated heterocycles. The maximum Gasteiger partial charge on any atom is 0.310 e. The van der Waals surface area contributed by atoms with E-state index in [1.165, 1.54) is 0 Å². The Hall–Kier alpha value is -1.55. The minimum absolute atomic E-state index is 0.153. The van der Waals surface area contributed by atoms with Crippen LogP contribution in [-0.2, 0) is 16.0 Å². The molecule has 0 spiro atoms. The van der Waals surface area contributed by atoms with E-state index in [2.05, 4.69) is 5.32 Å². The van der Waals surface area contributed by atoms with Gasteiger partial charge in [-0.05, 0) is 18.6 Å². The third-order valence-electron chi connectivity index (χ3n) is 1.93. The van der Waals surface area contributed by atoms with E-state index in [1.54, 1.807) is 6.92 Å². The lowest BCUT2D eigenvalue weighted by Gasteiger charge is -2.09. The summed E-state index contributed by atoms with van der Waals surface area (Å²) >= 11 is 0. The molecule has 4 heteroatoms. The fourth-order valence-corrected chi connectivity index (χ4v) is 1.30. The third-order valence-corrected chi connectivity index (χ3v) is 1.93. The summed E-state index contributed by atoms with van der Waals surface area (Å²) in [6.45, 7) is 2.00. The molecule has 0 bridgehead atoms. The van der Waals surface area contributed by atoms with E-state index in [4.69, 9.17) is 9.84 Å². The first-order valence-corrected chi connectivity index (χ1v) is 4.86. The summed E-state index contributed by atoms with van der Waals surface area (Å²) in [5.41, 5.74) is 1.58. The molecule has 0 aliphatic heterocycles. The second-order valence-corrected chi connectivity index (χ2v) is 2.97. The van der Waals surface area contributed by atoms with E-state index in [9.17, 15) is 4.79 Å². The molecule has 1 rings (SSSR count). The van der Waals surface area contributed by atoms with Crippen molar-refractivity contribution in [3.05, 3.63) is 29.8 Å². The maximum atomic E-state index is 11.3. The van der Waals surface area contributed by atoms with Gasteiger partial charge in [-0.2, -0.15) is 0 Å². The molecule has 0 atom stereocenters. The van der Waals surface area contributed by atoms with Gasteiger partial charge in [0.1, 0.15) is 6.73 Å². The lowest BCUT2D eigenvalue weighted by molar-refractivity contribution is -0.142. The number of aliphatic hydroxyl groups is 1. The Kier molecular flexibility index (Phi) is 4.63. The standard InChI is InChI=1S/C11H15NO3/c1-2-15-11(14)7-9-5-3-4-6-10(9)12-8-13/h3-6,12-13H,2,7-8H2,1H3. The van der Waals surface area contributed by atoms with Gasteiger partial charge in [0, 0.05) is 5.69 Å². The second-order valence-electron chi connectivity index (χ2n) is 2.97. The Morgan fingerprint density at radius 1 is 1.47 bits per heavy atom. The van der Waals surface area contributed by atoms with Gasteiger partial charge in [0.05, 0.1) is 13.0 Å². The molecule has 1 aromatic rings. The van der Waals surface area contributed by atoms with Crippen molar-refractivity contribution in [3.63, 3.8) is 0 Å². The molecule has 0 amide bonds. The predicted molar refractivity (Wildman–Crippen MR) is 57.5 cm³/mol. The van der Waals surface area contributed by atoms with Crippen molar-refractivity contribution >= 4 is 11.7 Å². The van der Waals surface area contributed by atoms with Crippen molar-refractivity contribution in [3.8, 4) is 0 Å². The molecule has 0 unspecified atom stereocenters. The zero-order valence-corrected chi connectivity index (χ0v) is 8.69. The number of anilines is 1. The summed E-state index contributed by atoms with van der Waals surface area (Å²) < 4.78 is 4.85. The first-order valence-electron chi connectivity index (χ1n) is 4.86. The molecule has 82 valence electrons. The Morgan fingerprint density at radius 2 is 2.20 bits per heavy atom. The first kappa shape index (κ1) is 11.5. The maximum absolute atomic E-state index is 11.3. The molecule has 0 heterocycles. The van der Waals surface area contributed by atoms with E-state index in [1.807, 2.05) is 24.3 Å². The highest BCUT2D eigenvalue weighted by Gasteiger charge is 2.07. The number of para-hydroxylation sites is 1. The number of ether oxygens (including phenoxy) is 1. The quantitative estimate of drug-likeness (QED) is 0.564. The van der Waals surface area contributed by atoms with Gasteiger partial charge in [-0.3, -0.25) is 4.79 Å². The third kappa shape index (κ3) is 3.59. The fourth-order valence-electron chi connectivity index (χ4n) is 1.30. The molecule has 0 aliphatic carbocycles. The number of esters is 1. The predicted octanol–water partition coefficient (Wildman–Crippen LogP) is 1.15. The van der Waals surface area contributed by atoms with Crippen LogP contribution in [0.5, 0.6) is 0 Å².